The third kappa shape index (κ3) is 5.40. The van der Waals surface area contributed by atoms with Gasteiger partial charge in [-0.15, -0.1) is 0 Å². The number of ether oxygens (including phenoxy) is 1. The molecule has 1 amide bonds. The lowest BCUT2D eigenvalue weighted by Crippen LogP contribution is -2.29. The number of hydrogen-bond acceptors (Lipinski definition) is 6. The molecule has 5 rings (SSSR count). The molecule has 0 unspecified atom stereocenters. The summed E-state index contributed by atoms with van der Waals surface area (Å²) < 4.78 is 59.9. The van der Waals surface area contributed by atoms with Gasteiger partial charge in [0.25, 0.3) is 15.9 Å². The molecule has 2 heterocycles. The van der Waals surface area contributed by atoms with E-state index in [1.165, 1.54) is 32.9 Å². The van der Waals surface area contributed by atoms with Crippen LogP contribution >= 0.6 is 0 Å². The average Bonchev–Trinajstić information content (AvgIpc) is 3.63. The Morgan fingerprint density at radius 3 is 2.13 bits per heavy atom. The second kappa shape index (κ2) is 10.8. The number of amides is 1. The molecule has 3 aromatic carbocycles. The minimum Gasteiger partial charge on any atom is -0.484 e. The molecule has 1 saturated heterocycles. The van der Waals surface area contributed by atoms with Gasteiger partial charge in [0.05, 0.1) is 15.5 Å². The van der Waals surface area contributed by atoms with E-state index < -0.39 is 20.0 Å². The number of nitrogens with one attached hydrogen (secondary N) is 1. The van der Waals surface area contributed by atoms with Crippen molar-refractivity contribution >= 4 is 31.6 Å². The van der Waals surface area contributed by atoms with Gasteiger partial charge in [0.2, 0.25) is 10.0 Å². The number of rotatable bonds is 9. The van der Waals surface area contributed by atoms with Gasteiger partial charge in [-0.05, 0) is 72.9 Å². The van der Waals surface area contributed by atoms with E-state index in [1.807, 2.05) is 18.2 Å². The molecule has 0 radical (unpaired) electrons. The van der Waals surface area contributed by atoms with E-state index >= 15 is 0 Å². The molecule has 0 spiro atoms. The maximum Gasteiger partial charge on any atom is 0.264 e. The van der Waals surface area contributed by atoms with Crippen molar-refractivity contribution in [2.75, 3.05) is 30.5 Å². The minimum absolute atomic E-state index is 0.154. The Hall–Kier alpha value is -3.41. The largest absolute Gasteiger partial charge is 0.484 e. The zero-order valence-corrected chi connectivity index (χ0v) is 22.4. The van der Waals surface area contributed by atoms with Gasteiger partial charge in [0, 0.05) is 26.2 Å². The molecule has 1 fully saturated rings. The molecule has 1 N–H and O–H groups in total. The van der Waals surface area contributed by atoms with E-state index in [0.29, 0.717) is 37.5 Å². The molecule has 0 bridgehead atoms. The number of fused-ring (bicyclic) bond motifs is 1. The first-order valence-corrected chi connectivity index (χ1v) is 15.3. The molecule has 0 atom stereocenters. The molecule has 0 aromatic heterocycles. The highest BCUT2D eigenvalue weighted by molar-refractivity contribution is 7.92. The van der Waals surface area contributed by atoms with Gasteiger partial charge in [-0.3, -0.25) is 9.10 Å². The van der Waals surface area contributed by atoms with Crippen LogP contribution < -0.4 is 14.4 Å². The summed E-state index contributed by atoms with van der Waals surface area (Å²) in [6, 6.07) is 19.9. The van der Waals surface area contributed by atoms with Crippen molar-refractivity contribution < 1.29 is 26.4 Å². The van der Waals surface area contributed by atoms with Crippen molar-refractivity contribution in [3.05, 3.63) is 83.9 Å². The van der Waals surface area contributed by atoms with Crippen LogP contribution in [0, 0.1) is 0 Å². The summed E-state index contributed by atoms with van der Waals surface area (Å²) in [6.07, 6.45) is 2.43. The summed E-state index contributed by atoms with van der Waals surface area (Å²) in [4.78, 5) is 12.7. The maximum absolute atomic E-state index is 13.1. The van der Waals surface area contributed by atoms with Gasteiger partial charge in [-0.1, -0.05) is 30.3 Å². The highest BCUT2D eigenvalue weighted by Gasteiger charge is 2.30. The van der Waals surface area contributed by atoms with Crippen LogP contribution in [0.2, 0.25) is 0 Å². The van der Waals surface area contributed by atoms with E-state index in [2.05, 4.69) is 5.32 Å². The standard InChI is InChI=1S/C27H29N3O6S2/c31-27(28-19-21-7-11-24(12-8-21)37(32,33)29-16-3-4-17-29)20-36-23-9-13-25(14-10-23)38(34,35)30-18-15-22-5-1-2-6-26(22)30/h1-2,5-14H,3-4,15-20H2,(H,28,31). The fraction of sp³-hybridized carbons (Fsp3) is 0.296. The SMILES string of the molecule is O=C(COc1ccc(S(=O)(=O)N2CCc3ccccc32)cc1)NCc1ccc(S(=O)(=O)N2CCCC2)cc1. The van der Waals surface area contributed by atoms with E-state index in [0.717, 1.165) is 24.0 Å². The number of sulfonamides is 2. The summed E-state index contributed by atoms with van der Waals surface area (Å²) in [5.41, 5.74) is 2.47. The number of para-hydroxylation sites is 1. The average molecular weight is 556 g/mol. The van der Waals surface area contributed by atoms with Crippen LogP contribution in [0.15, 0.2) is 82.6 Å². The molecule has 11 heteroatoms. The molecular formula is C27H29N3O6S2. The van der Waals surface area contributed by atoms with Crippen LogP contribution in [0.4, 0.5) is 5.69 Å². The first kappa shape index (κ1) is 26.2. The van der Waals surface area contributed by atoms with E-state index in [9.17, 15) is 21.6 Å². The quantitative estimate of drug-likeness (QED) is 0.435. The highest BCUT2D eigenvalue weighted by atomic mass is 32.2. The monoisotopic (exact) mass is 555 g/mol. The third-order valence-electron chi connectivity index (χ3n) is 6.74. The van der Waals surface area contributed by atoms with Crippen molar-refractivity contribution in [1.82, 2.24) is 9.62 Å². The predicted molar refractivity (Wildman–Crippen MR) is 143 cm³/mol. The Kier molecular flexibility index (Phi) is 7.42. The molecule has 0 saturated carbocycles. The first-order chi connectivity index (χ1) is 18.2. The van der Waals surface area contributed by atoms with Gasteiger partial charge in [-0.25, -0.2) is 16.8 Å². The van der Waals surface area contributed by atoms with Crippen LogP contribution in [-0.4, -0.2) is 53.3 Å². The molecule has 0 aliphatic carbocycles. The Morgan fingerprint density at radius 1 is 0.789 bits per heavy atom. The van der Waals surface area contributed by atoms with Crippen LogP contribution in [0.3, 0.4) is 0 Å². The van der Waals surface area contributed by atoms with E-state index in [4.69, 9.17) is 4.74 Å². The summed E-state index contributed by atoms with van der Waals surface area (Å²) >= 11 is 0. The van der Waals surface area contributed by atoms with Crippen molar-refractivity contribution in [2.24, 2.45) is 0 Å². The lowest BCUT2D eigenvalue weighted by atomic mass is 10.2. The van der Waals surface area contributed by atoms with Gasteiger partial charge < -0.3 is 10.1 Å². The van der Waals surface area contributed by atoms with Gasteiger partial charge in [0.1, 0.15) is 5.75 Å². The molecule has 38 heavy (non-hydrogen) atoms. The minimum atomic E-state index is -3.70. The van der Waals surface area contributed by atoms with Crippen molar-refractivity contribution in [3.8, 4) is 5.75 Å². The Morgan fingerprint density at radius 2 is 1.42 bits per heavy atom. The van der Waals surface area contributed by atoms with E-state index in [1.54, 1.807) is 30.3 Å². The van der Waals surface area contributed by atoms with Gasteiger partial charge in [0.15, 0.2) is 6.61 Å². The zero-order valence-electron chi connectivity index (χ0n) is 20.7. The number of carbonyl (C=O) groups excluding carboxylic acids is 1. The number of nitrogens with zero attached hydrogens (tertiary/aromatic N) is 2. The van der Waals surface area contributed by atoms with Gasteiger partial charge >= 0.3 is 0 Å². The molecular weight excluding hydrogens is 526 g/mol. The number of benzene rings is 3. The second-order valence-corrected chi connectivity index (χ2v) is 13.0. The van der Waals surface area contributed by atoms with Crippen LogP contribution in [0.25, 0.3) is 0 Å². The van der Waals surface area contributed by atoms with Crippen molar-refractivity contribution in [1.29, 1.82) is 0 Å². The molecule has 9 nitrogen and oxygen atoms in total. The van der Waals surface area contributed by atoms with Gasteiger partial charge in [-0.2, -0.15) is 4.31 Å². The number of carbonyl (C=O) groups is 1. The number of hydrogen-bond donors (Lipinski definition) is 1. The van der Waals surface area contributed by atoms with Crippen LogP contribution in [0.1, 0.15) is 24.0 Å². The lowest BCUT2D eigenvalue weighted by molar-refractivity contribution is -0.123. The normalized spacial score (nSPS) is 15.8. The van der Waals surface area contributed by atoms with Crippen molar-refractivity contribution in [3.63, 3.8) is 0 Å². The topological polar surface area (TPSA) is 113 Å². The zero-order chi connectivity index (χ0) is 26.8. The molecule has 2 aliphatic heterocycles. The number of anilines is 1. The molecule has 200 valence electrons. The summed E-state index contributed by atoms with van der Waals surface area (Å²) in [5, 5.41) is 2.74. The van der Waals surface area contributed by atoms with Crippen molar-refractivity contribution in [2.45, 2.75) is 35.6 Å². The third-order valence-corrected chi connectivity index (χ3v) is 10.5. The summed E-state index contributed by atoms with van der Waals surface area (Å²) in [5.74, 6) is 0.0153. The maximum atomic E-state index is 13.1. The predicted octanol–water partition coefficient (Wildman–Crippen LogP) is 2.92. The Balaban J connectivity index is 1.12. The highest BCUT2D eigenvalue weighted by Crippen LogP contribution is 2.33. The second-order valence-electron chi connectivity index (χ2n) is 9.25. The Labute approximate surface area is 223 Å². The van der Waals surface area contributed by atoms with E-state index in [-0.39, 0.29) is 28.8 Å². The smallest absolute Gasteiger partial charge is 0.264 e. The summed E-state index contributed by atoms with van der Waals surface area (Å²) in [7, 11) is -7.17. The fourth-order valence-electron chi connectivity index (χ4n) is 4.65. The van der Waals surface area contributed by atoms with Crippen LogP contribution in [-0.2, 0) is 37.8 Å². The molecule has 3 aromatic rings. The first-order valence-electron chi connectivity index (χ1n) is 12.4. The van der Waals surface area contributed by atoms with Crippen LogP contribution in [0.5, 0.6) is 5.75 Å². The molecule has 2 aliphatic rings. The Bertz CT molecular complexity index is 1520. The fourth-order valence-corrected chi connectivity index (χ4v) is 7.67. The summed E-state index contributed by atoms with van der Waals surface area (Å²) in [6.45, 7) is 1.47. The lowest BCUT2D eigenvalue weighted by Gasteiger charge is -2.19.